The largest absolute Gasteiger partial charge is 0.484 e. The zero-order valence-corrected chi connectivity index (χ0v) is 17.3. The summed E-state index contributed by atoms with van der Waals surface area (Å²) >= 11 is 0. The zero-order valence-electron chi connectivity index (χ0n) is 17.3. The summed E-state index contributed by atoms with van der Waals surface area (Å²) in [5.41, 5.74) is 0.864. The van der Waals surface area contributed by atoms with Gasteiger partial charge in [0.15, 0.2) is 6.61 Å². The molecular formula is C21H30N6O2. The Morgan fingerprint density at radius 3 is 2.72 bits per heavy atom. The molecule has 0 aliphatic carbocycles. The van der Waals surface area contributed by atoms with Gasteiger partial charge >= 0.3 is 0 Å². The minimum absolute atomic E-state index is 0.0256. The normalized spacial score (nSPS) is 22.1. The number of aromatic nitrogens is 4. The number of carbonyl (C=O) groups is 1. The van der Waals surface area contributed by atoms with E-state index in [1.165, 1.54) is 50.0 Å². The van der Waals surface area contributed by atoms with E-state index in [1.54, 1.807) is 7.05 Å². The number of carbonyl (C=O) groups excluding carboxylic acids is 1. The quantitative estimate of drug-likeness (QED) is 0.741. The number of hydrogen-bond acceptors (Lipinski definition) is 6. The molecule has 1 amide bonds. The number of ether oxygens (including phenoxy) is 1. The lowest BCUT2D eigenvalue weighted by atomic mass is 9.83. The molecule has 0 N–H and O–H groups in total. The van der Waals surface area contributed by atoms with E-state index >= 15 is 0 Å². The molecule has 2 fully saturated rings. The van der Waals surface area contributed by atoms with Gasteiger partial charge in [-0.2, -0.15) is 4.80 Å². The Labute approximate surface area is 171 Å². The number of aryl methyl sites for hydroxylation is 1. The van der Waals surface area contributed by atoms with E-state index in [9.17, 15) is 4.79 Å². The standard InChI is InChI=1S/C21H30N6O2/c1-25(14-17-6-5-13-27-12-4-3-7-19(17)27)20(28)15-29-18-10-8-16(9-11-18)21-22-24-26(2)23-21/h8-11,17,19H,3-7,12-15H2,1-2H3/t17-,19+/m1/s1. The van der Waals surface area contributed by atoms with Crippen molar-refractivity contribution in [2.75, 3.05) is 33.3 Å². The predicted octanol–water partition coefficient (Wildman–Crippen LogP) is 1.98. The summed E-state index contributed by atoms with van der Waals surface area (Å²) in [4.78, 5) is 18.5. The van der Waals surface area contributed by atoms with Gasteiger partial charge in [0.2, 0.25) is 5.82 Å². The smallest absolute Gasteiger partial charge is 0.260 e. The Balaban J connectivity index is 1.27. The fourth-order valence-electron chi connectivity index (χ4n) is 4.60. The highest BCUT2D eigenvalue weighted by atomic mass is 16.5. The van der Waals surface area contributed by atoms with Crippen molar-refractivity contribution in [1.82, 2.24) is 30.0 Å². The molecule has 0 spiro atoms. The van der Waals surface area contributed by atoms with Crippen LogP contribution in [0.4, 0.5) is 0 Å². The number of rotatable bonds is 6. The van der Waals surface area contributed by atoms with E-state index in [0.717, 1.165) is 12.1 Å². The predicted molar refractivity (Wildman–Crippen MR) is 109 cm³/mol. The van der Waals surface area contributed by atoms with Crippen LogP contribution in [-0.4, -0.2) is 75.2 Å². The number of nitrogens with zero attached hydrogens (tertiary/aromatic N) is 6. The molecule has 0 unspecified atom stereocenters. The maximum Gasteiger partial charge on any atom is 0.260 e. The Morgan fingerprint density at radius 1 is 1.17 bits per heavy atom. The molecule has 2 saturated heterocycles. The summed E-state index contributed by atoms with van der Waals surface area (Å²) in [6.07, 6.45) is 6.37. The molecular weight excluding hydrogens is 368 g/mol. The SMILES string of the molecule is CN(C[C@H]1CCCN2CCCC[C@@H]12)C(=O)COc1ccc(-c2nnn(C)n2)cc1. The molecule has 0 saturated carbocycles. The second-order valence-electron chi connectivity index (χ2n) is 8.19. The van der Waals surface area contributed by atoms with E-state index in [4.69, 9.17) is 4.74 Å². The summed E-state index contributed by atoms with van der Waals surface area (Å²) in [6.45, 7) is 3.32. The molecule has 2 atom stereocenters. The third-order valence-electron chi connectivity index (χ3n) is 6.15. The first-order chi connectivity index (χ1) is 14.1. The van der Waals surface area contributed by atoms with E-state index < -0.39 is 0 Å². The van der Waals surface area contributed by atoms with Crippen LogP contribution in [0.2, 0.25) is 0 Å². The number of amides is 1. The number of tetrazole rings is 1. The second-order valence-corrected chi connectivity index (χ2v) is 8.19. The third-order valence-corrected chi connectivity index (χ3v) is 6.15. The van der Waals surface area contributed by atoms with Crippen LogP contribution in [0.1, 0.15) is 32.1 Å². The lowest BCUT2D eigenvalue weighted by Gasteiger charge is -2.45. The number of likely N-dealkylation sites (N-methyl/N-ethyl adjacent to an activating group) is 1. The van der Waals surface area contributed by atoms with Crippen LogP contribution in [0.3, 0.4) is 0 Å². The van der Waals surface area contributed by atoms with E-state index in [1.807, 2.05) is 36.2 Å². The fourth-order valence-corrected chi connectivity index (χ4v) is 4.60. The molecule has 29 heavy (non-hydrogen) atoms. The average Bonchev–Trinajstić information content (AvgIpc) is 3.19. The molecule has 1 aromatic heterocycles. The van der Waals surface area contributed by atoms with Crippen molar-refractivity contribution in [3.63, 3.8) is 0 Å². The van der Waals surface area contributed by atoms with Gasteiger partial charge in [0.1, 0.15) is 5.75 Å². The fraction of sp³-hybridized carbons (Fsp3) is 0.619. The minimum atomic E-state index is 0.0256. The van der Waals surface area contributed by atoms with E-state index in [2.05, 4.69) is 20.3 Å². The highest BCUT2D eigenvalue weighted by Crippen LogP contribution is 2.31. The maximum atomic E-state index is 12.6. The van der Waals surface area contributed by atoms with Crippen LogP contribution in [0.25, 0.3) is 11.4 Å². The molecule has 8 heteroatoms. The van der Waals surface area contributed by atoms with Gasteiger partial charge in [0.05, 0.1) is 7.05 Å². The second kappa shape index (κ2) is 8.90. The van der Waals surface area contributed by atoms with Gasteiger partial charge in [-0.3, -0.25) is 4.79 Å². The summed E-state index contributed by atoms with van der Waals surface area (Å²) in [5, 5.41) is 12.0. The van der Waals surface area contributed by atoms with E-state index in [0.29, 0.717) is 23.5 Å². The first-order valence-corrected chi connectivity index (χ1v) is 10.6. The Hall–Kier alpha value is -2.48. The molecule has 0 radical (unpaired) electrons. The molecule has 2 aromatic rings. The number of benzene rings is 1. The van der Waals surface area contributed by atoms with Gasteiger partial charge in [0.25, 0.3) is 5.91 Å². The molecule has 2 aliphatic rings. The lowest BCUT2D eigenvalue weighted by Crippen LogP contribution is -2.51. The van der Waals surface area contributed by atoms with Crippen molar-refractivity contribution >= 4 is 5.91 Å². The Kier molecular flexibility index (Phi) is 6.08. The number of fused-ring (bicyclic) bond motifs is 1. The number of piperidine rings is 2. The average molecular weight is 399 g/mol. The summed E-state index contributed by atoms with van der Waals surface area (Å²) in [5.74, 6) is 1.84. The van der Waals surface area contributed by atoms with Crippen LogP contribution < -0.4 is 4.74 Å². The molecule has 8 nitrogen and oxygen atoms in total. The molecule has 156 valence electrons. The topological polar surface area (TPSA) is 76.4 Å². The van der Waals surface area contributed by atoms with Crippen LogP contribution >= 0.6 is 0 Å². The van der Waals surface area contributed by atoms with Gasteiger partial charge in [0, 0.05) is 25.2 Å². The molecule has 1 aromatic carbocycles. The van der Waals surface area contributed by atoms with Gasteiger partial charge in [-0.25, -0.2) is 0 Å². The Morgan fingerprint density at radius 2 is 1.97 bits per heavy atom. The van der Waals surface area contributed by atoms with Gasteiger partial charge in [-0.15, -0.1) is 10.2 Å². The van der Waals surface area contributed by atoms with Crippen LogP contribution in [-0.2, 0) is 11.8 Å². The highest BCUT2D eigenvalue weighted by molar-refractivity contribution is 5.77. The van der Waals surface area contributed by atoms with Crippen molar-refractivity contribution in [3.8, 4) is 17.1 Å². The number of hydrogen-bond donors (Lipinski definition) is 0. The molecule has 3 heterocycles. The van der Waals surface area contributed by atoms with Crippen molar-refractivity contribution in [3.05, 3.63) is 24.3 Å². The monoisotopic (exact) mass is 398 g/mol. The van der Waals surface area contributed by atoms with Crippen LogP contribution in [0.5, 0.6) is 5.75 Å². The zero-order chi connectivity index (χ0) is 20.2. The van der Waals surface area contributed by atoms with Gasteiger partial charge < -0.3 is 14.5 Å². The maximum absolute atomic E-state index is 12.6. The minimum Gasteiger partial charge on any atom is -0.484 e. The Bertz CT molecular complexity index is 819. The summed E-state index contributed by atoms with van der Waals surface area (Å²) in [6, 6.07) is 8.07. The highest BCUT2D eigenvalue weighted by Gasteiger charge is 2.34. The molecule has 4 rings (SSSR count). The van der Waals surface area contributed by atoms with Crippen molar-refractivity contribution in [1.29, 1.82) is 0 Å². The van der Waals surface area contributed by atoms with Crippen molar-refractivity contribution in [2.24, 2.45) is 13.0 Å². The first-order valence-electron chi connectivity index (χ1n) is 10.6. The lowest BCUT2D eigenvalue weighted by molar-refractivity contribution is -0.133. The summed E-state index contributed by atoms with van der Waals surface area (Å²) in [7, 11) is 3.63. The molecule has 0 bridgehead atoms. The third kappa shape index (κ3) is 4.75. The first kappa shape index (κ1) is 19.8. The summed E-state index contributed by atoms with van der Waals surface area (Å²) < 4.78 is 5.72. The van der Waals surface area contributed by atoms with Crippen LogP contribution in [0, 0.1) is 5.92 Å². The van der Waals surface area contributed by atoms with Crippen LogP contribution in [0.15, 0.2) is 24.3 Å². The van der Waals surface area contributed by atoms with E-state index in [-0.39, 0.29) is 12.5 Å². The van der Waals surface area contributed by atoms with Gasteiger partial charge in [-0.05, 0) is 74.2 Å². The van der Waals surface area contributed by atoms with Crippen molar-refractivity contribution in [2.45, 2.75) is 38.1 Å². The van der Waals surface area contributed by atoms with Gasteiger partial charge in [-0.1, -0.05) is 6.42 Å². The molecule has 2 aliphatic heterocycles. The van der Waals surface area contributed by atoms with Crippen molar-refractivity contribution < 1.29 is 9.53 Å².